The smallest absolute Gasteiger partial charge is 0.227 e. The van der Waals surface area contributed by atoms with Crippen LogP contribution in [0.1, 0.15) is 24.0 Å². The van der Waals surface area contributed by atoms with Crippen molar-refractivity contribution in [1.82, 2.24) is 5.32 Å². The molecule has 116 valence electrons. The molecule has 21 heavy (non-hydrogen) atoms. The third kappa shape index (κ3) is 3.71. The van der Waals surface area contributed by atoms with Gasteiger partial charge >= 0.3 is 0 Å². The van der Waals surface area contributed by atoms with E-state index in [1.807, 2.05) is 17.8 Å². The van der Waals surface area contributed by atoms with Gasteiger partial charge in [-0.1, -0.05) is 6.07 Å². The molecule has 0 bridgehead atoms. The molecule has 1 fully saturated rings. The van der Waals surface area contributed by atoms with Gasteiger partial charge in [0, 0.05) is 12.5 Å². The number of halogens is 2. The molecule has 1 saturated heterocycles. The van der Waals surface area contributed by atoms with Crippen LogP contribution in [0, 0.1) is 11.7 Å². The number of nitrogens with one attached hydrogen (secondary N) is 2. The highest BCUT2D eigenvalue weighted by Gasteiger charge is 2.23. The van der Waals surface area contributed by atoms with Crippen molar-refractivity contribution < 1.29 is 9.18 Å². The number of benzene rings is 1. The first kappa shape index (κ1) is 16.6. The van der Waals surface area contributed by atoms with E-state index >= 15 is 0 Å². The second kappa shape index (κ2) is 7.47. The standard InChI is InChI=1S/C15H19FN2OS.ClH/c16-14-12-3-6-17-9-11(12)1-2-13(14)18-15(19)10-4-7-20-8-5-10;/h1-2,10,17H,3-9H2,(H,18,19);1H. The van der Waals surface area contributed by atoms with Crippen molar-refractivity contribution in [3.8, 4) is 0 Å². The van der Waals surface area contributed by atoms with E-state index in [0.717, 1.165) is 42.0 Å². The lowest BCUT2D eigenvalue weighted by Gasteiger charge is -2.22. The van der Waals surface area contributed by atoms with E-state index in [-0.39, 0.29) is 30.0 Å². The zero-order chi connectivity index (χ0) is 13.9. The van der Waals surface area contributed by atoms with E-state index in [9.17, 15) is 9.18 Å². The Bertz CT molecular complexity index is 521. The van der Waals surface area contributed by atoms with Crippen molar-refractivity contribution in [2.75, 3.05) is 23.4 Å². The Morgan fingerprint density at radius 1 is 1.33 bits per heavy atom. The van der Waals surface area contributed by atoms with Crippen molar-refractivity contribution in [2.24, 2.45) is 5.92 Å². The molecule has 0 unspecified atom stereocenters. The Kier molecular flexibility index (Phi) is 5.90. The van der Waals surface area contributed by atoms with Gasteiger partial charge in [-0.25, -0.2) is 4.39 Å². The Labute approximate surface area is 134 Å². The van der Waals surface area contributed by atoms with Crippen LogP contribution in [0.5, 0.6) is 0 Å². The molecule has 0 aromatic heterocycles. The van der Waals surface area contributed by atoms with Gasteiger partial charge in [-0.3, -0.25) is 4.79 Å². The Morgan fingerprint density at radius 2 is 2.10 bits per heavy atom. The normalized spacial score (nSPS) is 18.5. The first-order valence-corrected chi connectivity index (χ1v) is 8.31. The van der Waals surface area contributed by atoms with Crippen LogP contribution in [0.4, 0.5) is 10.1 Å². The Balaban J connectivity index is 0.00000161. The van der Waals surface area contributed by atoms with Gasteiger partial charge in [0.1, 0.15) is 5.82 Å². The predicted octanol–water partition coefficient (Wildman–Crippen LogP) is 2.97. The number of amides is 1. The summed E-state index contributed by atoms with van der Waals surface area (Å²) in [4.78, 5) is 12.2. The van der Waals surface area contributed by atoms with Crippen LogP contribution in [0.15, 0.2) is 12.1 Å². The molecule has 0 saturated carbocycles. The highest BCUT2D eigenvalue weighted by molar-refractivity contribution is 7.99. The maximum Gasteiger partial charge on any atom is 0.227 e. The van der Waals surface area contributed by atoms with Crippen molar-refractivity contribution in [3.63, 3.8) is 0 Å². The first-order chi connectivity index (χ1) is 9.75. The largest absolute Gasteiger partial charge is 0.323 e. The molecule has 0 atom stereocenters. The molecule has 6 heteroatoms. The van der Waals surface area contributed by atoms with E-state index in [4.69, 9.17) is 0 Å². The molecular weight excluding hydrogens is 311 g/mol. The third-order valence-electron chi connectivity index (χ3n) is 4.06. The minimum absolute atomic E-state index is 0. The molecule has 3 nitrogen and oxygen atoms in total. The average molecular weight is 331 g/mol. The summed E-state index contributed by atoms with van der Waals surface area (Å²) in [7, 11) is 0. The van der Waals surface area contributed by atoms with Crippen molar-refractivity contribution in [1.29, 1.82) is 0 Å². The zero-order valence-corrected chi connectivity index (χ0v) is 13.4. The monoisotopic (exact) mass is 330 g/mol. The second-order valence-electron chi connectivity index (χ2n) is 5.37. The van der Waals surface area contributed by atoms with Crippen molar-refractivity contribution in [3.05, 3.63) is 29.1 Å². The molecule has 0 spiro atoms. The fourth-order valence-electron chi connectivity index (χ4n) is 2.82. The van der Waals surface area contributed by atoms with E-state index in [1.54, 1.807) is 6.07 Å². The summed E-state index contributed by atoms with van der Waals surface area (Å²) in [5.41, 5.74) is 2.09. The first-order valence-electron chi connectivity index (χ1n) is 7.15. The summed E-state index contributed by atoms with van der Waals surface area (Å²) in [6.07, 6.45) is 2.48. The quantitative estimate of drug-likeness (QED) is 0.876. The molecule has 3 rings (SSSR count). The minimum atomic E-state index is -0.248. The maximum absolute atomic E-state index is 14.4. The van der Waals surface area contributed by atoms with Crippen molar-refractivity contribution >= 4 is 35.8 Å². The zero-order valence-electron chi connectivity index (χ0n) is 11.8. The van der Waals surface area contributed by atoms with Crippen molar-refractivity contribution in [2.45, 2.75) is 25.8 Å². The number of hydrogen-bond acceptors (Lipinski definition) is 3. The van der Waals surface area contributed by atoms with Crippen LogP contribution in [-0.2, 0) is 17.8 Å². The molecule has 2 heterocycles. The summed E-state index contributed by atoms with van der Waals surface area (Å²) in [6.45, 7) is 1.50. The summed E-state index contributed by atoms with van der Waals surface area (Å²) in [6, 6.07) is 3.60. The molecule has 0 radical (unpaired) electrons. The lowest BCUT2D eigenvalue weighted by Crippen LogP contribution is -2.28. The molecule has 1 aromatic carbocycles. The summed E-state index contributed by atoms with van der Waals surface area (Å²) in [5, 5.41) is 6.01. The number of thioether (sulfide) groups is 1. The van der Waals surface area contributed by atoms with Crippen LogP contribution in [0.25, 0.3) is 0 Å². The van der Waals surface area contributed by atoms with Gasteiger partial charge in [-0.2, -0.15) is 11.8 Å². The molecule has 2 N–H and O–H groups in total. The molecule has 1 amide bonds. The highest BCUT2D eigenvalue weighted by atomic mass is 35.5. The lowest BCUT2D eigenvalue weighted by molar-refractivity contribution is -0.120. The van der Waals surface area contributed by atoms with Gasteiger partial charge < -0.3 is 10.6 Å². The van der Waals surface area contributed by atoms with Gasteiger partial charge in [0.15, 0.2) is 0 Å². The molecular formula is C15H20ClFN2OS. The van der Waals surface area contributed by atoms with Gasteiger partial charge in [-0.15, -0.1) is 12.4 Å². The number of fused-ring (bicyclic) bond motifs is 1. The van der Waals surface area contributed by atoms with Crippen LogP contribution in [0.2, 0.25) is 0 Å². The number of carbonyl (C=O) groups is 1. The average Bonchev–Trinajstić information content (AvgIpc) is 2.51. The fraction of sp³-hybridized carbons (Fsp3) is 0.533. The SMILES string of the molecule is Cl.O=C(Nc1ccc2c(c1F)CCNC2)C1CCSCC1. The van der Waals surface area contributed by atoms with Crippen LogP contribution < -0.4 is 10.6 Å². The minimum Gasteiger partial charge on any atom is -0.323 e. The highest BCUT2D eigenvalue weighted by Crippen LogP contribution is 2.27. The molecule has 0 aliphatic carbocycles. The molecule has 2 aliphatic heterocycles. The van der Waals surface area contributed by atoms with E-state index in [2.05, 4.69) is 10.6 Å². The van der Waals surface area contributed by atoms with Crippen LogP contribution >= 0.6 is 24.2 Å². The predicted molar refractivity (Wildman–Crippen MR) is 87.7 cm³/mol. The summed E-state index contributed by atoms with van der Waals surface area (Å²) < 4.78 is 14.4. The Hall–Kier alpha value is -0.780. The summed E-state index contributed by atoms with van der Waals surface area (Å²) >= 11 is 1.88. The maximum atomic E-state index is 14.4. The van der Waals surface area contributed by atoms with Gasteiger partial charge in [0.25, 0.3) is 0 Å². The topological polar surface area (TPSA) is 41.1 Å². The van der Waals surface area contributed by atoms with Gasteiger partial charge in [0.05, 0.1) is 5.69 Å². The fourth-order valence-corrected chi connectivity index (χ4v) is 3.93. The molecule has 2 aliphatic rings. The van der Waals surface area contributed by atoms with E-state index < -0.39 is 0 Å². The lowest BCUT2D eigenvalue weighted by atomic mass is 9.98. The second-order valence-corrected chi connectivity index (χ2v) is 6.59. The number of carbonyl (C=O) groups excluding carboxylic acids is 1. The molecule has 1 aromatic rings. The number of rotatable bonds is 2. The van der Waals surface area contributed by atoms with Gasteiger partial charge in [0.2, 0.25) is 5.91 Å². The summed E-state index contributed by atoms with van der Waals surface area (Å²) in [5.74, 6) is 1.81. The third-order valence-corrected chi connectivity index (χ3v) is 5.11. The Morgan fingerprint density at radius 3 is 2.86 bits per heavy atom. The number of anilines is 1. The van der Waals surface area contributed by atoms with Gasteiger partial charge in [-0.05, 0) is 54.5 Å². The van der Waals surface area contributed by atoms with Crippen LogP contribution in [0.3, 0.4) is 0 Å². The van der Waals surface area contributed by atoms with E-state index in [1.165, 1.54) is 0 Å². The van der Waals surface area contributed by atoms with E-state index in [0.29, 0.717) is 18.7 Å². The number of hydrogen-bond donors (Lipinski definition) is 2. The van der Waals surface area contributed by atoms with Crippen LogP contribution in [-0.4, -0.2) is 24.0 Å².